The van der Waals surface area contributed by atoms with Crippen LogP contribution in [-0.4, -0.2) is 56.6 Å². The van der Waals surface area contributed by atoms with Crippen molar-refractivity contribution in [3.63, 3.8) is 0 Å². The number of nitro groups is 1. The second-order valence-electron chi connectivity index (χ2n) is 12.7. The maximum absolute atomic E-state index is 12.5. The number of aliphatic hydroxyl groups is 2. The molecular weight excluding hydrogens is 530 g/mol. The Morgan fingerprint density at radius 2 is 1.95 bits per heavy atom. The number of rotatable bonds is 8. The number of carbonyl (C=O) groups excluding carboxylic acids is 1. The summed E-state index contributed by atoms with van der Waals surface area (Å²) < 4.78 is 0. The van der Waals surface area contributed by atoms with Gasteiger partial charge in [-0.3, -0.25) is 14.9 Å². The molecule has 4 N–H and O–H groups in total. The summed E-state index contributed by atoms with van der Waals surface area (Å²) in [4.78, 5) is 39.9. The molecule has 11 nitrogen and oxygen atoms in total. The minimum absolute atomic E-state index is 0.00800. The van der Waals surface area contributed by atoms with E-state index in [1.54, 1.807) is 0 Å². The van der Waals surface area contributed by atoms with Crippen molar-refractivity contribution in [1.82, 2.24) is 5.32 Å². The molecule has 5 rings (SSSR count). The van der Waals surface area contributed by atoms with Crippen molar-refractivity contribution >= 4 is 23.3 Å². The molecule has 0 aromatic heterocycles. The van der Waals surface area contributed by atoms with Gasteiger partial charge in [-0.2, -0.15) is 0 Å². The number of hydrogen-bond acceptors (Lipinski definition) is 8. The van der Waals surface area contributed by atoms with Crippen LogP contribution in [0.3, 0.4) is 0 Å². The molecule has 4 aliphatic carbocycles. The molecule has 1 amide bonds. The molecule has 8 atom stereocenters. The summed E-state index contributed by atoms with van der Waals surface area (Å²) in [5.41, 5.74) is 1.93. The molecule has 41 heavy (non-hydrogen) atoms. The standard InChI is InChI=1S/C30H39N3O8/c1-29-12-10-19(15-18(29)6-7-21-22-8-9-24(34)30(22,2)13-11-23(21)29)32-41-16-25(35)31-26(28(37)38)27(36)17-4-3-5-20(14-17)33(39)40/h3-5,14-15,21-24,26-27,34,36H,6-13,16H2,1-2H3,(H,31,35)(H,37,38)/b32-19-/t21-,22-,23-,24-,26+,27+,29-,30-/m0/s1. The van der Waals surface area contributed by atoms with Gasteiger partial charge in [0.1, 0.15) is 6.10 Å². The molecule has 0 aliphatic heterocycles. The van der Waals surface area contributed by atoms with Crippen LogP contribution in [0.5, 0.6) is 0 Å². The highest BCUT2D eigenvalue weighted by Crippen LogP contribution is 2.65. The van der Waals surface area contributed by atoms with Crippen molar-refractivity contribution in [3.05, 3.63) is 51.6 Å². The SMILES string of the molecule is C[C@]12CC[C@H]3[C@@H](CCC4=C/C(=N\OCC(=O)N[C@@H](C(=O)O)[C@H](O)c5cccc([N+](=O)[O-])c5)CC[C@@]43C)[C@@H]1CC[C@@H]2O. The molecule has 0 bridgehead atoms. The molecule has 0 radical (unpaired) electrons. The molecule has 3 fully saturated rings. The van der Waals surface area contributed by atoms with Gasteiger partial charge in [-0.05, 0) is 91.6 Å². The van der Waals surface area contributed by atoms with E-state index < -0.39 is 35.6 Å². The third-order valence-corrected chi connectivity index (χ3v) is 10.6. The fourth-order valence-electron chi connectivity index (χ4n) is 8.29. The van der Waals surface area contributed by atoms with Crippen molar-refractivity contribution in [2.75, 3.05) is 6.61 Å². The van der Waals surface area contributed by atoms with E-state index in [0.29, 0.717) is 24.2 Å². The van der Waals surface area contributed by atoms with Gasteiger partial charge in [0.15, 0.2) is 12.6 Å². The second kappa shape index (κ2) is 11.2. The summed E-state index contributed by atoms with van der Waals surface area (Å²) in [5, 5.41) is 48.2. The minimum atomic E-state index is -1.73. The van der Waals surface area contributed by atoms with Gasteiger partial charge in [0.25, 0.3) is 11.6 Å². The molecule has 1 aromatic rings. The number of aliphatic carboxylic acids is 1. The van der Waals surface area contributed by atoms with E-state index in [9.17, 15) is 35.0 Å². The van der Waals surface area contributed by atoms with Crippen molar-refractivity contribution in [2.45, 2.75) is 83.5 Å². The number of carbonyl (C=O) groups is 2. The summed E-state index contributed by atoms with van der Waals surface area (Å²) in [6.45, 7) is 4.11. The molecule has 1 aromatic carbocycles. The fourth-order valence-corrected chi connectivity index (χ4v) is 8.29. The number of carboxylic acid groups (broad SMARTS) is 1. The number of allylic oxidation sites excluding steroid dienone is 2. The third-order valence-electron chi connectivity index (χ3n) is 10.6. The first kappa shape index (κ1) is 29.2. The van der Waals surface area contributed by atoms with Gasteiger partial charge in [0.05, 0.1) is 16.7 Å². The van der Waals surface area contributed by atoms with Crippen LogP contribution in [0, 0.1) is 38.7 Å². The van der Waals surface area contributed by atoms with Crippen LogP contribution in [0.15, 0.2) is 41.1 Å². The fraction of sp³-hybridized carbons (Fsp3) is 0.633. The molecule has 0 heterocycles. The van der Waals surface area contributed by atoms with Crippen LogP contribution in [-0.2, 0) is 14.4 Å². The predicted molar refractivity (Wildman–Crippen MR) is 149 cm³/mol. The van der Waals surface area contributed by atoms with E-state index in [4.69, 9.17) is 4.84 Å². The van der Waals surface area contributed by atoms with Crippen LogP contribution in [0.4, 0.5) is 5.69 Å². The average Bonchev–Trinajstić information content (AvgIpc) is 3.25. The Hall–Kier alpha value is -3.31. The summed E-state index contributed by atoms with van der Waals surface area (Å²) in [6, 6.07) is 3.24. The maximum Gasteiger partial charge on any atom is 0.329 e. The minimum Gasteiger partial charge on any atom is -0.480 e. The predicted octanol–water partition coefficient (Wildman–Crippen LogP) is 3.89. The lowest BCUT2D eigenvalue weighted by Gasteiger charge is -2.57. The first-order valence-corrected chi connectivity index (χ1v) is 14.5. The molecule has 0 saturated heterocycles. The lowest BCUT2D eigenvalue weighted by molar-refractivity contribution is -0.385. The first-order chi connectivity index (χ1) is 19.4. The molecule has 0 spiro atoms. The van der Waals surface area contributed by atoms with Crippen molar-refractivity contribution in [2.24, 2.45) is 33.7 Å². The van der Waals surface area contributed by atoms with Gasteiger partial charge in [-0.25, -0.2) is 4.79 Å². The number of amides is 1. The Morgan fingerprint density at radius 3 is 2.68 bits per heavy atom. The van der Waals surface area contributed by atoms with Crippen LogP contribution in [0.25, 0.3) is 0 Å². The molecule has 0 unspecified atom stereocenters. The molecule has 3 saturated carbocycles. The van der Waals surface area contributed by atoms with Crippen LogP contribution in [0.2, 0.25) is 0 Å². The lowest BCUT2D eigenvalue weighted by Crippen LogP contribution is -2.51. The summed E-state index contributed by atoms with van der Waals surface area (Å²) in [6.07, 6.45) is 8.16. The van der Waals surface area contributed by atoms with Gasteiger partial charge in [0.2, 0.25) is 0 Å². The average molecular weight is 570 g/mol. The number of hydrogen-bond donors (Lipinski definition) is 4. The maximum atomic E-state index is 12.5. The van der Waals surface area contributed by atoms with E-state index in [2.05, 4.69) is 30.4 Å². The van der Waals surface area contributed by atoms with E-state index in [0.717, 1.165) is 56.7 Å². The highest BCUT2D eigenvalue weighted by atomic mass is 16.6. The number of nitro benzene ring substituents is 1. The van der Waals surface area contributed by atoms with Gasteiger partial charge in [-0.1, -0.05) is 36.7 Å². The van der Waals surface area contributed by atoms with Gasteiger partial charge in [0, 0.05) is 12.1 Å². The lowest BCUT2D eigenvalue weighted by atomic mass is 9.47. The Bertz CT molecular complexity index is 1280. The number of benzene rings is 1. The number of aliphatic hydroxyl groups excluding tert-OH is 2. The Kier molecular flexibility index (Phi) is 7.95. The van der Waals surface area contributed by atoms with E-state index in [1.807, 2.05) is 0 Å². The van der Waals surface area contributed by atoms with Crippen molar-refractivity contribution in [3.8, 4) is 0 Å². The van der Waals surface area contributed by atoms with E-state index in [-0.39, 0.29) is 28.2 Å². The summed E-state index contributed by atoms with van der Waals surface area (Å²) >= 11 is 0. The van der Waals surface area contributed by atoms with E-state index >= 15 is 0 Å². The van der Waals surface area contributed by atoms with Crippen molar-refractivity contribution in [1.29, 1.82) is 0 Å². The first-order valence-electron chi connectivity index (χ1n) is 14.5. The molecule has 11 heteroatoms. The smallest absolute Gasteiger partial charge is 0.329 e. The number of nitrogens with zero attached hydrogens (tertiary/aromatic N) is 2. The van der Waals surface area contributed by atoms with Crippen LogP contribution in [0.1, 0.15) is 76.9 Å². The zero-order valence-corrected chi connectivity index (χ0v) is 23.5. The van der Waals surface area contributed by atoms with E-state index in [1.165, 1.54) is 23.8 Å². The largest absolute Gasteiger partial charge is 0.480 e. The number of non-ortho nitro benzene ring substituents is 1. The van der Waals surface area contributed by atoms with Crippen molar-refractivity contribution < 1.29 is 34.7 Å². The highest BCUT2D eigenvalue weighted by molar-refractivity contribution is 5.96. The quantitative estimate of drug-likeness (QED) is 0.270. The molecule has 222 valence electrons. The zero-order valence-electron chi connectivity index (χ0n) is 23.5. The van der Waals surface area contributed by atoms with Crippen LogP contribution >= 0.6 is 0 Å². The topological polar surface area (TPSA) is 172 Å². The Morgan fingerprint density at radius 1 is 1.17 bits per heavy atom. The van der Waals surface area contributed by atoms with Gasteiger partial charge < -0.3 is 25.5 Å². The summed E-state index contributed by atoms with van der Waals surface area (Å²) in [5.74, 6) is -0.484. The third kappa shape index (κ3) is 5.37. The number of fused-ring (bicyclic) bond motifs is 5. The number of nitrogens with one attached hydrogen (secondary N) is 1. The Labute approximate surface area is 238 Å². The molecule has 4 aliphatic rings. The second-order valence-corrected chi connectivity index (χ2v) is 12.7. The van der Waals surface area contributed by atoms with Gasteiger partial charge in [-0.15, -0.1) is 0 Å². The van der Waals surface area contributed by atoms with Gasteiger partial charge >= 0.3 is 5.97 Å². The zero-order chi connectivity index (χ0) is 29.5. The monoisotopic (exact) mass is 569 g/mol. The highest BCUT2D eigenvalue weighted by Gasteiger charge is 2.58. The number of carboxylic acids is 1. The van der Waals surface area contributed by atoms with Crippen LogP contribution < -0.4 is 5.32 Å². The normalized spacial score (nSPS) is 34.8. The Balaban J connectivity index is 1.19. The number of oxime groups is 1. The molecular formula is C30H39N3O8. The summed E-state index contributed by atoms with van der Waals surface area (Å²) in [7, 11) is 0.